The van der Waals surface area contributed by atoms with Crippen molar-refractivity contribution in [2.45, 2.75) is 31.0 Å². The van der Waals surface area contributed by atoms with Gasteiger partial charge >= 0.3 is 6.18 Å². The molecule has 0 saturated carbocycles. The van der Waals surface area contributed by atoms with Crippen molar-refractivity contribution >= 4 is 27.5 Å². The summed E-state index contributed by atoms with van der Waals surface area (Å²) < 4.78 is 64.5. The van der Waals surface area contributed by atoms with Crippen molar-refractivity contribution in [1.29, 1.82) is 0 Å². The van der Waals surface area contributed by atoms with Gasteiger partial charge in [0.2, 0.25) is 15.9 Å². The van der Waals surface area contributed by atoms with Gasteiger partial charge in [-0.05, 0) is 32.0 Å². The Labute approximate surface area is 130 Å². The lowest BCUT2D eigenvalue weighted by atomic mass is 10.2. The van der Waals surface area contributed by atoms with Crippen molar-refractivity contribution in [1.82, 2.24) is 10.0 Å². The van der Waals surface area contributed by atoms with Crippen LogP contribution in [0.25, 0.3) is 0 Å². The third-order valence-electron chi connectivity index (χ3n) is 2.41. The van der Waals surface area contributed by atoms with Crippen LogP contribution in [0.3, 0.4) is 0 Å². The topological polar surface area (TPSA) is 75.3 Å². The predicted molar refractivity (Wildman–Crippen MR) is 74.9 cm³/mol. The van der Waals surface area contributed by atoms with Gasteiger partial charge in [0.05, 0.1) is 17.0 Å². The third kappa shape index (κ3) is 5.15. The monoisotopic (exact) mass is 358 g/mol. The number of hydrogen-bond acceptors (Lipinski definition) is 3. The highest BCUT2D eigenvalue weighted by molar-refractivity contribution is 7.89. The van der Waals surface area contributed by atoms with Crippen molar-refractivity contribution in [2.75, 3.05) is 6.54 Å². The molecule has 124 valence electrons. The van der Waals surface area contributed by atoms with Gasteiger partial charge in [0.25, 0.3) is 0 Å². The van der Waals surface area contributed by atoms with Crippen LogP contribution in [-0.2, 0) is 21.0 Å². The fourth-order valence-electron chi connectivity index (χ4n) is 1.57. The molecule has 0 unspecified atom stereocenters. The van der Waals surface area contributed by atoms with E-state index in [1.54, 1.807) is 13.8 Å². The Bertz CT molecular complexity index is 660. The molecule has 0 heterocycles. The van der Waals surface area contributed by atoms with Crippen molar-refractivity contribution in [2.24, 2.45) is 0 Å². The first-order valence-corrected chi connectivity index (χ1v) is 7.95. The Balaban J connectivity index is 3.06. The van der Waals surface area contributed by atoms with Crippen LogP contribution in [0.1, 0.15) is 19.4 Å². The van der Waals surface area contributed by atoms with Gasteiger partial charge in [0, 0.05) is 11.1 Å². The Hall–Kier alpha value is -1.32. The first-order valence-electron chi connectivity index (χ1n) is 6.09. The summed E-state index contributed by atoms with van der Waals surface area (Å²) >= 11 is 5.48. The summed E-state index contributed by atoms with van der Waals surface area (Å²) in [5.41, 5.74) is -1.39. The Morgan fingerprint density at radius 1 is 1.32 bits per heavy atom. The van der Waals surface area contributed by atoms with E-state index in [0.717, 1.165) is 12.1 Å². The molecule has 0 atom stereocenters. The highest BCUT2D eigenvalue weighted by Crippen LogP contribution is 2.35. The SMILES string of the molecule is CC(C)NC(=O)CNS(=O)(=O)c1ccc(Cl)cc1C(F)(F)F. The highest BCUT2D eigenvalue weighted by Gasteiger charge is 2.37. The average molecular weight is 359 g/mol. The molecule has 0 fully saturated rings. The van der Waals surface area contributed by atoms with Crippen molar-refractivity contribution in [3.8, 4) is 0 Å². The number of rotatable bonds is 5. The fraction of sp³-hybridized carbons (Fsp3) is 0.417. The zero-order valence-electron chi connectivity index (χ0n) is 11.7. The van der Waals surface area contributed by atoms with Crippen molar-refractivity contribution in [3.63, 3.8) is 0 Å². The van der Waals surface area contributed by atoms with Crippen LogP contribution in [0, 0.1) is 0 Å². The van der Waals surface area contributed by atoms with E-state index in [1.165, 1.54) is 0 Å². The summed E-state index contributed by atoms with van der Waals surface area (Å²) in [4.78, 5) is 10.4. The van der Waals surface area contributed by atoms with Crippen LogP contribution in [0.15, 0.2) is 23.1 Å². The molecule has 0 radical (unpaired) electrons. The summed E-state index contributed by atoms with van der Waals surface area (Å²) in [6.45, 7) is 2.65. The molecule has 2 N–H and O–H groups in total. The number of benzene rings is 1. The minimum Gasteiger partial charge on any atom is -0.353 e. The minimum absolute atomic E-state index is 0.224. The molecule has 0 saturated heterocycles. The van der Waals surface area contributed by atoms with Gasteiger partial charge in [0.15, 0.2) is 0 Å². The second-order valence-corrected chi connectivity index (χ2v) is 6.86. The third-order valence-corrected chi connectivity index (χ3v) is 4.10. The molecule has 0 aliphatic rings. The molecule has 0 spiro atoms. The number of carbonyl (C=O) groups excluding carboxylic acids is 1. The first kappa shape index (κ1) is 18.7. The van der Waals surface area contributed by atoms with E-state index in [9.17, 15) is 26.4 Å². The predicted octanol–water partition coefficient (Wildman–Crippen LogP) is 2.16. The Morgan fingerprint density at radius 3 is 2.41 bits per heavy atom. The Morgan fingerprint density at radius 2 is 1.91 bits per heavy atom. The minimum atomic E-state index is -4.89. The summed E-state index contributed by atoms with van der Waals surface area (Å²) in [5.74, 6) is -0.652. The molecule has 0 aromatic heterocycles. The van der Waals surface area contributed by atoms with Gasteiger partial charge in [-0.25, -0.2) is 13.1 Å². The maximum absolute atomic E-state index is 12.9. The van der Waals surface area contributed by atoms with Crippen molar-refractivity contribution < 1.29 is 26.4 Å². The molecule has 1 aromatic rings. The molecular weight excluding hydrogens is 345 g/mol. The molecular formula is C12H14ClF3N2O3S. The van der Waals surface area contributed by atoms with E-state index >= 15 is 0 Å². The van der Waals surface area contributed by atoms with E-state index < -0.39 is 39.1 Å². The molecule has 0 aliphatic carbocycles. The molecule has 0 aliphatic heterocycles. The normalized spacial score (nSPS) is 12.5. The maximum atomic E-state index is 12.9. The number of carbonyl (C=O) groups is 1. The van der Waals surface area contributed by atoms with Crippen LogP contribution in [0.4, 0.5) is 13.2 Å². The van der Waals surface area contributed by atoms with Gasteiger partial charge in [-0.2, -0.15) is 13.2 Å². The van der Waals surface area contributed by atoms with Gasteiger partial charge in [-0.15, -0.1) is 0 Å². The second-order valence-electron chi connectivity index (χ2n) is 4.69. The van der Waals surface area contributed by atoms with Crippen LogP contribution >= 0.6 is 11.6 Å². The largest absolute Gasteiger partial charge is 0.417 e. The average Bonchev–Trinajstić information content (AvgIpc) is 2.34. The molecule has 1 amide bonds. The quantitative estimate of drug-likeness (QED) is 0.847. The van der Waals surface area contributed by atoms with Gasteiger partial charge < -0.3 is 5.32 Å². The van der Waals surface area contributed by atoms with Gasteiger partial charge in [-0.1, -0.05) is 11.6 Å². The van der Waals surface area contributed by atoms with Crippen LogP contribution in [0.2, 0.25) is 5.02 Å². The first-order chi connectivity index (χ1) is 9.93. The molecule has 1 rings (SSSR count). The second kappa shape index (κ2) is 6.84. The summed E-state index contributed by atoms with van der Waals surface area (Å²) in [5, 5.41) is 2.17. The fourth-order valence-corrected chi connectivity index (χ4v) is 2.93. The molecule has 0 bridgehead atoms. The van der Waals surface area contributed by atoms with Crippen LogP contribution in [-0.4, -0.2) is 26.9 Å². The number of hydrogen-bond donors (Lipinski definition) is 2. The zero-order valence-corrected chi connectivity index (χ0v) is 13.2. The van der Waals surface area contributed by atoms with Crippen molar-refractivity contribution in [3.05, 3.63) is 28.8 Å². The number of amides is 1. The van der Waals surface area contributed by atoms with E-state index in [-0.39, 0.29) is 11.1 Å². The lowest BCUT2D eigenvalue weighted by Crippen LogP contribution is -2.40. The van der Waals surface area contributed by atoms with Gasteiger partial charge in [-0.3, -0.25) is 4.79 Å². The zero-order chi connectivity index (χ0) is 17.1. The maximum Gasteiger partial charge on any atom is 0.417 e. The molecule has 5 nitrogen and oxygen atoms in total. The number of halogens is 4. The van der Waals surface area contributed by atoms with Gasteiger partial charge in [0.1, 0.15) is 0 Å². The van der Waals surface area contributed by atoms with E-state index in [0.29, 0.717) is 6.07 Å². The molecule has 1 aromatic carbocycles. The molecule has 10 heteroatoms. The van der Waals surface area contributed by atoms with Crippen LogP contribution in [0.5, 0.6) is 0 Å². The molecule has 22 heavy (non-hydrogen) atoms. The summed E-state index contributed by atoms with van der Waals surface area (Å²) in [6.07, 6.45) is -4.89. The highest BCUT2D eigenvalue weighted by atomic mass is 35.5. The summed E-state index contributed by atoms with van der Waals surface area (Å²) in [6, 6.07) is 2.07. The van der Waals surface area contributed by atoms with Crippen LogP contribution < -0.4 is 10.0 Å². The smallest absolute Gasteiger partial charge is 0.353 e. The number of alkyl halides is 3. The number of sulfonamides is 1. The standard InChI is InChI=1S/C12H14ClF3N2O3S/c1-7(2)18-11(19)6-17-22(20,21)10-4-3-8(13)5-9(10)12(14,15)16/h3-5,7,17H,6H2,1-2H3,(H,18,19). The lowest BCUT2D eigenvalue weighted by Gasteiger charge is -2.14. The number of nitrogens with one attached hydrogen (secondary N) is 2. The lowest BCUT2D eigenvalue weighted by molar-refractivity contribution is -0.139. The Kier molecular flexibility index (Phi) is 5.82. The summed E-state index contributed by atoms with van der Waals surface area (Å²) in [7, 11) is -4.51. The van der Waals surface area contributed by atoms with E-state index in [1.807, 2.05) is 4.72 Å². The van der Waals surface area contributed by atoms with E-state index in [2.05, 4.69) is 5.32 Å². The van der Waals surface area contributed by atoms with E-state index in [4.69, 9.17) is 11.6 Å².